The molecule has 0 aliphatic rings. The Morgan fingerprint density at radius 2 is 1.67 bits per heavy atom. The Kier molecular flexibility index (Phi) is 7.67. The van der Waals surface area contributed by atoms with Crippen molar-refractivity contribution in [1.29, 1.82) is 0 Å². The Morgan fingerprint density at radius 3 is 2.33 bits per heavy atom. The average molecular weight is 463 g/mol. The number of hydrogen-bond acceptors (Lipinski definition) is 6. The zero-order chi connectivity index (χ0) is 21.4. The standard InChI is InChI=1S/C20H19ClN4O3S2/c21-15-4-8-17(9-5-15)29-14-1-3-19(26)24-16-6-10-18(11-7-16)30(27,28)25-20-22-12-2-13-23-20/h2,4-13H,1,3,14H2,(H,24,26)(H,22,23,25). The molecular formula is C20H19ClN4O3S2. The average Bonchev–Trinajstić information content (AvgIpc) is 2.73. The fourth-order valence-corrected chi connectivity index (χ4v) is 4.36. The number of amides is 1. The van der Waals surface area contributed by atoms with Gasteiger partial charge in [0, 0.05) is 34.4 Å². The highest BCUT2D eigenvalue weighted by atomic mass is 35.5. The number of benzene rings is 2. The van der Waals surface area contributed by atoms with E-state index in [2.05, 4.69) is 20.0 Å². The summed E-state index contributed by atoms with van der Waals surface area (Å²) in [5.74, 6) is 0.670. The van der Waals surface area contributed by atoms with Gasteiger partial charge in [-0.15, -0.1) is 11.8 Å². The molecule has 0 unspecified atom stereocenters. The zero-order valence-electron chi connectivity index (χ0n) is 15.8. The summed E-state index contributed by atoms with van der Waals surface area (Å²) in [6.07, 6.45) is 3.97. The molecule has 0 radical (unpaired) electrons. The van der Waals surface area contributed by atoms with Gasteiger partial charge in [-0.2, -0.15) is 0 Å². The van der Waals surface area contributed by atoms with Crippen LogP contribution in [0, 0.1) is 0 Å². The lowest BCUT2D eigenvalue weighted by Gasteiger charge is -2.08. The van der Waals surface area contributed by atoms with Gasteiger partial charge in [-0.05, 0) is 66.8 Å². The van der Waals surface area contributed by atoms with Crippen molar-refractivity contribution in [2.45, 2.75) is 22.6 Å². The van der Waals surface area contributed by atoms with E-state index in [1.807, 2.05) is 24.3 Å². The topological polar surface area (TPSA) is 101 Å². The van der Waals surface area contributed by atoms with Crippen molar-refractivity contribution >= 4 is 50.9 Å². The van der Waals surface area contributed by atoms with Crippen molar-refractivity contribution in [3.63, 3.8) is 0 Å². The van der Waals surface area contributed by atoms with Gasteiger partial charge < -0.3 is 5.32 Å². The normalized spacial score (nSPS) is 11.1. The number of thioether (sulfide) groups is 1. The van der Waals surface area contributed by atoms with Crippen LogP contribution in [0.25, 0.3) is 0 Å². The van der Waals surface area contributed by atoms with Gasteiger partial charge in [-0.3, -0.25) is 4.79 Å². The van der Waals surface area contributed by atoms with E-state index in [-0.39, 0.29) is 16.8 Å². The summed E-state index contributed by atoms with van der Waals surface area (Å²) in [6.45, 7) is 0. The lowest BCUT2D eigenvalue weighted by atomic mass is 10.3. The summed E-state index contributed by atoms with van der Waals surface area (Å²) in [7, 11) is -3.80. The van der Waals surface area contributed by atoms with Gasteiger partial charge >= 0.3 is 0 Å². The molecule has 0 spiro atoms. The first-order valence-electron chi connectivity index (χ1n) is 9.00. The molecule has 0 saturated heterocycles. The van der Waals surface area contributed by atoms with Crippen LogP contribution in [0.15, 0.2) is 76.8 Å². The van der Waals surface area contributed by atoms with Crippen LogP contribution in [0.3, 0.4) is 0 Å². The van der Waals surface area contributed by atoms with Crippen molar-refractivity contribution in [2.24, 2.45) is 0 Å². The SMILES string of the molecule is O=C(CCCSc1ccc(Cl)cc1)Nc1ccc(S(=O)(=O)Nc2ncccn2)cc1. The van der Waals surface area contributed by atoms with Gasteiger partial charge in [0.15, 0.2) is 0 Å². The molecular weight excluding hydrogens is 444 g/mol. The lowest BCUT2D eigenvalue weighted by molar-refractivity contribution is -0.116. The molecule has 1 amide bonds. The van der Waals surface area contributed by atoms with Crippen molar-refractivity contribution < 1.29 is 13.2 Å². The molecule has 7 nitrogen and oxygen atoms in total. The second-order valence-corrected chi connectivity index (χ2v) is 9.44. The van der Waals surface area contributed by atoms with Crippen LogP contribution in [-0.2, 0) is 14.8 Å². The monoisotopic (exact) mass is 462 g/mol. The molecule has 0 saturated carbocycles. The van der Waals surface area contributed by atoms with Gasteiger partial charge in [0.25, 0.3) is 10.0 Å². The van der Waals surface area contributed by atoms with Crippen molar-refractivity contribution in [3.8, 4) is 0 Å². The highest BCUT2D eigenvalue weighted by Crippen LogP contribution is 2.22. The molecule has 1 heterocycles. The van der Waals surface area contributed by atoms with E-state index >= 15 is 0 Å². The maximum absolute atomic E-state index is 12.4. The van der Waals surface area contributed by atoms with Crippen molar-refractivity contribution in [1.82, 2.24) is 9.97 Å². The molecule has 0 aliphatic heterocycles. The second kappa shape index (κ2) is 10.4. The minimum Gasteiger partial charge on any atom is -0.326 e. The second-order valence-electron chi connectivity index (χ2n) is 6.16. The van der Waals surface area contributed by atoms with Gasteiger partial charge in [0.05, 0.1) is 4.90 Å². The predicted molar refractivity (Wildman–Crippen MR) is 119 cm³/mol. The van der Waals surface area contributed by atoms with Gasteiger partial charge in [-0.25, -0.2) is 23.1 Å². The fraction of sp³-hybridized carbons (Fsp3) is 0.150. The van der Waals surface area contributed by atoms with E-state index in [9.17, 15) is 13.2 Å². The number of rotatable bonds is 9. The van der Waals surface area contributed by atoms with E-state index in [0.717, 1.165) is 10.6 Å². The molecule has 3 rings (SSSR count). The fourth-order valence-electron chi connectivity index (χ4n) is 2.43. The van der Waals surface area contributed by atoms with Crippen molar-refractivity contribution in [2.75, 3.05) is 15.8 Å². The Bertz CT molecular complexity index is 1080. The van der Waals surface area contributed by atoms with Crippen LogP contribution in [0.4, 0.5) is 11.6 Å². The third-order valence-electron chi connectivity index (χ3n) is 3.87. The Labute approximate surface area is 184 Å². The maximum atomic E-state index is 12.4. The number of carbonyl (C=O) groups is 1. The molecule has 2 N–H and O–H groups in total. The van der Waals surface area contributed by atoms with Gasteiger partial charge in [0.1, 0.15) is 0 Å². The van der Waals surface area contributed by atoms with E-state index in [1.54, 1.807) is 30.0 Å². The number of nitrogens with zero attached hydrogens (tertiary/aromatic N) is 2. The largest absolute Gasteiger partial charge is 0.326 e. The van der Waals surface area contributed by atoms with Crippen LogP contribution >= 0.6 is 23.4 Å². The Balaban J connectivity index is 1.46. The molecule has 0 aliphatic carbocycles. The van der Waals surface area contributed by atoms with Crippen molar-refractivity contribution in [3.05, 3.63) is 72.0 Å². The number of sulfonamides is 1. The van der Waals surface area contributed by atoms with Crippen LogP contribution in [0.5, 0.6) is 0 Å². The molecule has 156 valence electrons. The number of carbonyl (C=O) groups excluding carboxylic acids is 1. The molecule has 30 heavy (non-hydrogen) atoms. The predicted octanol–water partition coefficient (Wildman–Crippen LogP) is 4.44. The lowest BCUT2D eigenvalue weighted by Crippen LogP contribution is -2.15. The number of aromatic nitrogens is 2. The Hall–Kier alpha value is -2.62. The summed E-state index contributed by atoms with van der Waals surface area (Å²) in [5, 5.41) is 3.47. The smallest absolute Gasteiger partial charge is 0.264 e. The van der Waals surface area contributed by atoms with Crippen LogP contribution in [0.1, 0.15) is 12.8 Å². The molecule has 3 aromatic rings. The van der Waals surface area contributed by atoms with Gasteiger partial charge in [0.2, 0.25) is 11.9 Å². The maximum Gasteiger partial charge on any atom is 0.264 e. The summed E-state index contributed by atoms with van der Waals surface area (Å²) in [5.41, 5.74) is 0.528. The van der Waals surface area contributed by atoms with E-state index in [0.29, 0.717) is 23.6 Å². The Morgan fingerprint density at radius 1 is 1.00 bits per heavy atom. The first-order chi connectivity index (χ1) is 14.4. The highest BCUT2D eigenvalue weighted by Gasteiger charge is 2.15. The third kappa shape index (κ3) is 6.72. The van der Waals surface area contributed by atoms with E-state index in [1.165, 1.54) is 24.5 Å². The summed E-state index contributed by atoms with van der Waals surface area (Å²) < 4.78 is 27.0. The first kappa shape index (κ1) is 22.1. The molecule has 2 aromatic carbocycles. The first-order valence-corrected chi connectivity index (χ1v) is 11.9. The minimum absolute atomic E-state index is 0.00801. The molecule has 0 atom stereocenters. The highest BCUT2D eigenvalue weighted by molar-refractivity contribution is 7.99. The zero-order valence-corrected chi connectivity index (χ0v) is 18.2. The van der Waals surface area contributed by atoms with Gasteiger partial charge in [-0.1, -0.05) is 11.6 Å². The number of anilines is 2. The van der Waals surface area contributed by atoms with E-state index < -0.39 is 10.0 Å². The number of nitrogens with one attached hydrogen (secondary N) is 2. The quantitative estimate of drug-likeness (QED) is 0.360. The molecule has 10 heteroatoms. The van der Waals surface area contributed by atoms with E-state index in [4.69, 9.17) is 11.6 Å². The summed E-state index contributed by atoms with van der Waals surface area (Å²) in [4.78, 5) is 20.9. The number of hydrogen-bond donors (Lipinski definition) is 2. The van der Waals surface area contributed by atoms with Crippen LogP contribution in [-0.4, -0.2) is 30.0 Å². The molecule has 0 fully saturated rings. The summed E-state index contributed by atoms with van der Waals surface area (Å²) in [6, 6.07) is 15.1. The number of halogens is 1. The third-order valence-corrected chi connectivity index (χ3v) is 6.56. The van der Waals surface area contributed by atoms with Crippen LogP contribution in [0.2, 0.25) is 5.02 Å². The summed E-state index contributed by atoms with van der Waals surface area (Å²) >= 11 is 7.52. The van der Waals surface area contributed by atoms with Crippen LogP contribution < -0.4 is 10.0 Å². The molecule has 0 bridgehead atoms. The molecule has 1 aromatic heterocycles. The minimum atomic E-state index is -3.80.